The van der Waals surface area contributed by atoms with Crippen molar-refractivity contribution in [2.75, 3.05) is 5.32 Å². The van der Waals surface area contributed by atoms with Crippen LogP contribution in [0, 0.1) is 37.5 Å². The summed E-state index contributed by atoms with van der Waals surface area (Å²) in [4.78, 5) is 28.7. The Morgan fingerprint density at radius 1 is 1.17 bits per heavy atom. The van der Waals surface area contributed by atoms with Crippen LogP contribution in [0.5, 0.6) is 0 Å². The van der Waals surface area contributed by atoms with Crippen LogP contribution in [0.1, 0.15) is 17.5 Å². The van der Waals surface area contributed by atoms with Crippen LogP contribution in [0.15, 0.2) is 24.3 Å². The topological polar surface area (TPSA) is 79.3 Å². The number of rotatable bonds is 3. The van der Waals surface area contributed by atoms with E-state index in [-0.39, 0.29) is 17.7 Å². The number of anilines is 1. The summed E-state index contributed by atoms with van der Waals surface area (Å²) in [7, 11) is 0. The van der Waals surface area contributed by atoms with E-state index in [1.807, 2.05) is 32.1 Å². The number of carbonyl (C=O) groups excluding carboxylic acids is 1. The highest BCUT2D eigenvalue weighted by Crippen LogP contribution is 2.48. The second kappa shape index (κ2) is 5.41. The number of amides is 1. The van der Waals surface area contributed by atoms with Crippen LogP contribution in [0.2, 0.25) is 0 Å². The van der Waals surface area contributed by atoms with Gasteiger partial charge in [-0.05, 0) is 55.4 Å². The fourth-order valence-corrected chi connectivity index (χ4v) is 4.89. The number of thiazole rings is 1. The Morgan fingerprint density at radius 3 is 2.54 bits per heavy atom. The highest BCUT2D eigenvalue weighted by atomic mass is 32.1. The van der Waals surface area contributed by atoms with E-state index in [0.717, 1.165) is 22.2 Å². The summed E-state index contributed by atoms with van der Waals surface area (Å²) in [6, 6.07) is 4.08. The Morgan fingerprint density at radius 2 is 1.83 bits per heavy atom. The molecule has 4 rings (SSSR count). The summed E-state index contributed by atoms with van der Waals surface area (Å²) in [6.45, 7) is 4.08. The van der Waals surface area contributed by atoms with E-state index in [9.17, 15) is 14.7 Å². The molecule has 2 unspecified atom stereocenters. The van der Waals surface area contributed by atoms with E-state index in [4.69, 9.17) is 0 Å². The van der Waals surface area contributed by atoms with Crippen molar-refractivity contribution < 1.29 is 14.7 Å². The van der Waals surface area contributed by atoms with Gasteiger partial charge in [0.25, 0.3) is 0 Å². The van der Waals surface area contributed by atoms with Gasteiger partial charge in [0.15, 0.2) is 5.13 Å². The van der Waals surface area contributed by atoms with Gasteiger partial charge in [-0.1, -0.05) is 23.5 Å². The maximum absolute atomic E-state index is 12.7. The average molecular weight is 342 g/mol. The van der Waals surface area contributed by atoms with Crippen molar-refractivity contribution in [3.8, 4) is 0 Å². The van der Waals surface area contributed by atoms with Gasteiger partial charge in [0, 0.05) is 0 Å². The van der Waals surface area contributed by atoms with Crippen LogP contribution in [0.4, 0.5) is 5.13 Å². The lowest BCUT2D eigenvalue weighted by Crippen LogP contribution is -2.36. The molecule has 0 spiro atoms. The first-order chi connectivity index (χ1) is 11.4. The molecule has 0 aliphatic heterocycles. The number of hydrogen-bond acceptors (Lipinski definition) is 4. The number of carboxylic acid groups (broad SMARTS) is 1. The summed E-state index contributed by atoms with van der Waals surface area (Å²) in [5.41, 5.74) is 3.21. The predicted octanol–water partition coefficient (Wildman–Crippen LogP) is 3.37. The first-order valence-corrected chi connectivity index (χ1v) is 8.85. The van der Waals surface area contributed by atoms with Crippen molar-refractivity contribution in [3.05, 3.63) is 35.4 Å². The smallest absolute Gasteiger partial charge is 0.307 e. The van der Waals surface area contributed by atoms with Crippen LogP contribution in [-0.2, 0) is 9.59 Å². The molecule has 2 bridgehead atoms. The quantitative estimate of drug-likeness (QED) is 0.838. The lowest BCUT2D eigenvalue weighted by molar-refractivity contribution is -0.146. The maximum atomic E-state index is 12.7. The lowest BCUT2D eigenvalue weighted by Gasteiger charge is -2.23. The number of carboxylic acids is 1. The summed E-state index contributed by atoms with van der Waals surface area (Å²) < 4.78 is 1.02. The number of allylic oxidation sites excluding steroid dienone is 2. The number of carbonyl (C=O) groups is 2. The predicted molar refractivity (Wildman–Crippen MR) is 93.1 cm³/mol. The second-order valence-electron chi connectivity index (χ2n) is 6.75. The molecule has 1 aromatic carbocycles. The maximum Gasteiger partial charge on any atom is 0.307 e. The monoisotopic (exact) mass is 342 g/mol. The van der Waals surface area contributed by atoms with Crippen LogP contribution in [-0.4, -0.2) is 22.0 Å². The second-order valence-corrected chi connectivity index (χ2v) is 7.78. The Hall–Kier alpha value is -2.21. The molecule has 0 radical (unpaired) electrons. The van der Waals surface area contributed by atoms with Crippen molar-refractivity contribution >= 4 is 38.6 Å². The van der Waals surface area contributed by atoms with Crippen LogP contribution in [0.25, 0.3) is 10.2 Å². The molecule has 0 saturated heterocycles. The minimum atomic E-state index is -0.887. The van der Waals surface area contributed by atoms with Crippen molar-refractivity contribution in [2.24, 2.45) is 23.7 Å². The van der Waals surface area contributed by atoms with Gasteiger partial charge in [0.05, 0.1) is 22.1 Å². The van der Waals surface area contributed by atoms with E-state index >= 15 is 0 Å². The Kier molecular flexibility index (Phi) is 3.46. The fourth-order valence-electron chi connectivity index (χ4n) is 3.94. The highest BCUT2D eigenvalue weighted by Gasteiger charge is 2.51. The van der Waals surface area contributed by atoms with E-state index in [1.54, 1.807) is 0 Å². The molecule has 1 fully saturated rings. The van der Waals surface area contributed by atoms with E-state index in [1.165, 1.54) is 16.9 Å². The van der Waals surface area contributed by atoms with E-state index < -0.39 is 17.8 Å². The number of aryl methyl sites for hydroxylation is 2. The molecule has 124 valence electrons. The molecule has 1 aromatic heterocycles. The van der Waals surface area contributed by atoms with Gasteiger partial charge in [-0.2, -0.15) is 0 Å². The third-order valence-electron chi connectivity index (χ3n) is 5.28. The first-order valence-electron chi connectivity index (χ1n) is 8.04. The highest BCUT2D eigenvalue weighted by molar-refractivity contribution is 7.22. The number of fused-ring (bicyclic) bond motifs is 3. The zero-order valence-corrected chi connectivity index (χ0v) is 14.3. The number of nitrogens with one attached hydrogen (secondary N) is 1. The molecule has 1 saturated carbocycles. The summed E-state index contributed by atoms with van der Waals surface area (Å²) in [5.74, 6) is -2.25. The molecule has 2 N–H and O–H groups in total. The zero-order chi connectivity index (χ0) is 17.0. The molecule has 6 heteroatoms. The number of benzene rings is 1. The Labute approximate surface area is 143 Å². The summed E-state index contributed by atoms with van der Waals surface area (Å²) in [5, 5.41) is 12.9. The average Bonchev–Trinajstić information content (AvgIpc) is 3.20. The molecular weight excluding hydrogens is 324 g/mol. The van der Waals surface area contributed by atoms with E-state index in [0.29, 0.717) is 5.13 Å². The zero-order valence-electron chi connectivity index (χ0n) is 13.4. The molecule has 2 aliphatic carbocycles. The number of hydrogen-bond donors (Lipinski definition) is 2. The van der Waals surface area contributed by atoms with E-state index in [2.05, 4.69) is 16.4 Å². The standard InChI is InChI=1S/C18H18N2O3S/c1-8-5-12-13(6-9(8)2)24-18(19-12)20-16(21)14-10-3-4-11(7-10)15(14)17(22)23/h3-6,10-11,14-15H,7H2,1-2H3,(H,22,23)(H,19,20,21)/t10?,11?,14-,15+/m1/s1. The number of aromatic nitrogens is 1. The largest absolute Gasteiger partial charge is 0.481 e. The van der Waals surface area contributed by atoms with Gasteiger partial charge < -0.3 is 10.4 Å². The fraction of sp³-hybridized carbons (Fsp3) is 0.389. The van der Waals surface area contributed by atoms with Gasteiger partial charge in [0.2, 0.25) is 5.91 Å². The summed E-state index contributed by atoms with van der Waals surface area (Å²) in [6.07, 6.45) is 4.68. The van der Waals surface area contributed by atoms with Crippen molar-refractivity contribution in [3.63, 3.8) is 0 Å². The molecular formula is C18H18N2O3S. The summed E-state index contributed by atoms with van der Waals surface area (Å²) >= 11 is 1.43. The molecule has 1 heterocycles. The van der Waals surface area contributed by atoms with Crippen molar-refractivity contribution in [1.82, 2.24) is 4.98 Å². The Balaban J connectivity index is 1.60. The van der Waals surface area contributed by atoms with Crippen LogP contribution in [0.3, 0.4) is 0 Å². The van der Waals surface area contributed by atoms with Crippen LogP contribution >= 0.6 is 11.3 Å². The van der Waals surface area contributed by atoms with Gasteiger partial charge in [-0.15, -0.1) is 0 Å². The van der Waals surface area contributed by atoms with Crippen LogP contribution < -0.4 is 5.32 Å². The minimum Gasteiger partial charge on any atom is -0.481 e. The van der Waals surface area contributed by atoms with Gasteiger partial charge >= 0.3 is 5.97 Å². The molecule has 1 amide bonds. The van der Waals surface area contributed by atoms with Gasteiger partial charge in [-0.3, -0.25) is 9.59 Å². The normalized spacial score (nSPS) is 27.8. The molecule has 2 aliphatic rings. The first kappa shape index (κ1) is 15.3. The van der Waals surface area contributed by atoms with Gasteiger partial charge in [-0.25, -0.2) is 4.98 Å². The van der Waals surface area contributed by atoms with Crippen molar-refractivity contribution in [1.29, 1.82) is 0 Å². The third kappa shape index (κ3) is 2.33. The molecule has 24 heavy (non-hydrogen) atoms. The van der Waals surface area contributed by atoms with Gasteiger partial charge in [0.1, 0.15) is 0 Å². The number of nitrogens with zero attached hydrogens (tertiary/aromatic N) is 1. The third-order valence-corrected chi connectivity index (χ3v) is 6.21. The molecule has 4 atom stereocenters. The molecule has 5 nitrogen and oxygen atoms in total. The van der Waals surface area contributed by atoms with Crippen molar-refractivity contribution in [2.45, 2.75) is 20.3 Å². The molecule has 2 aromatic rings. The minimum absolute atomic E-state index is 0.0231. The SMILES string of the molecule is Cc1cc2nc(NC(=O)[C@@H]3C4C=CC(C4)[C@@H]3C(=O)O)sc2cc1C. The Bertz CT molecular complexity index is 847. The number of aliphatic carboxylic acids is 1. The lowest BCUT2D eigenvalue weighted by atomic mass is 9.82.